The number of anilines is 1. The number of carbonyl (C=O) groups excluding carboxylic acids is 1. The van der Waals surface area contributed by atoms with Crippen molar-refractivity contribution < 1.29 is 28.1 Å². The number of hydrogen-bond acceptors (Lipinski definition) is 8. The number of methoxy groups -OCH3 is 2. The van der Waals surface area contributed by atoms with Gasteiger partial charge in [0.25, 0.3) is 5.91 Å². The molecule has 0 N–H and O–H groups in total. The lowest BCUT2D eigenvalue weighted by Gasteiger charge is -2.36. The van der Waals surface area contributed by atoms with Crippen LogP contribution in [0, 0.1) is 6.42 Å². The van der Waals surface area contributed by atoms with Gasteiger partial charge in [-0.3, -0.25) is 14.3 Å². The Hall–Kier alpha value is -5.65. The molecule has 10 nitrogen and oxygen atoms in total. The largest absolute Gasteiger partial charge is 0.497 e. The van der Waals surface area contributed by atoms with E-state index in [9.17, 15) is 4.79 Å². The van der Waals surface area contributed by atoms with E-state index in [0.29, 0.717) is 34.0 Å². The van der Waals surface area contributed by atoms with Gasteiger partial charge in [-0.15, -0.1) is 0 Å². The molecule has 1 radical (unpaired) electrons. The van der Waals surface area contributed by atoms with Crippen LogP contribution in [0.5, 0.6) is 11.5 Å². The number of nitrogens with zero attached hydrogens (tertiary/aromatic N) is 5. The summed E-state index contributed by atoms with van der Waals surface area (Å²) in [4.78, 5) is 27.8. The topological polar surface area (TPSA) is 101 Å². The van der Waals surface area contributed by atoms with Crippen LogP contribution >= 0.6 is 0 Å². The zero-order chi connectivity index (χ0) is 34.7. The molecule has 1 amide bonds. The van der Waals surface area contributed by atoms with Crippen molar-refractivity contribution in [1.82, 2.24) is 19.5 Å². The highest BCUT2D eigenvalue weighted by molar-refractivity contribution is 6.08. The molecule has 3 heterocycles. The fraction of sp³-hybridized carbons (Fsp3) is 0.205. The van der Waals surface area contributed by atoms with Crippen molar-refractivity contribution >= 4 is 22.9 Å². The van der Waals surface area contributed by atoms with Crippen molar-refractivity contribution in [2.24, 2.45) is 0 Å². The monoisotopic (exact) mass is 672 g/mol. The van der Waals surface area contributed by atoms with E-state index in [4.69, 9.17) is 18.9 Å². The maximum atomic E-state index is 15.9. The average molecular weight is 673 g/mol. The Morgan fingerprint density at radius 3 is 2.00 bits per heavy atom. The number of hydrogen-bond donors (Lipinski definition) is 0. The molecule has 0 saturated carbocycles. The van der Waals surface area contributed by atoms with Crippen molar-refractivity contribution in [3.8, 4) is 11.5 Å². The molecule has 1 aliphatic rings. The number of ether oxygens (including phenoxy) is 4. The number of fused-ring (bicyclic) bond motifs is 1. The number of aromatic nitrogens is 4. The third-order valence-corrected chi connectivity index (χ3v) is 8.88. The van der Waals surface area contributed by atoms with Crippen LogP contribution in [0.15, 0.2) is 122 Å². The molecule has 0 unspecified atom stereocenters. The molecule has 4 aromatic carbocycles. The molecule has 0 spiro atoms. The first-order valence-electron chi connectivity index (χ1n) is 16.1. The molecule has 6 aromatic rings. The first-order chi connectivity index (χ1) is 24.4. The average Bonchev–Trinajstić information content (AvgIpc) is 3.78. The van der Waals surface area contributed by atoms with Gasteiger partial charge in [0.15, 0.2) is 29.4 Å². The highest BCUT2D eigenvalue weighted by Gasteiger charge is 2.43. The number of alkyl halides is 1. The van der Waals surface area contributed by atoms with Gasteiger partial charge in [0.1, 0.15) is 23.4 Å². The number of amides is 1. The van der Waals surface area contributed by atoms with Crippen molar-refractivity contribution in [1.29, 1.82) is 0 Å². The van der Waals surface area contributed by atoms with Crippen LogP contribution < -0.4 is 14.4 Å². The maximum absolute atomic E-state index is 15.9. The van der Waals surface area contributed by atoms with Gasteiger partial charge in [-0.25, -0.2) is 19.3 Å². The smallest absolute Gasteiger partial charge is 0.259 e. The van der Waals surface area contributed by atoms with E-state index < -0.39 is 24.1 Å². The molecule has 0 bridgehead atoms. The molecule has 3 atom stereocenters. The molecule has 1 saturated heterocycles. The summed E-state index contributed by atoms with van der Waals surface area (Å²) >= 11 is 0. The van der Waals surface area contributed by atoms with Crippen LogP contribution in [0.4, 0.5) is 10.2 Å². The lowest BCUT2D eigenvalue weighted by atomic mass is 9.80. The number of rotatable bonds is 11. The summed E-state index contributed by atoms with van der Waals surface area (Å²) in [5, 5.41) is 0. The van der Waals surface area contributed by atoms with Crippen LogP contribution in [-0.2, 0) is 15.1 Å². The Bertz CT molecular complexity index is 2010. The minimum absolute atomic E-state index is 0.0189. The van der Waals surface area contributed by atoms with Gasteiger partial charge in [0.2, 0.25) is 0 Å². The molecular formula is C39H35FN5O5. The zero-order valence-corrected chi connectivity index (χ0v) is 27.7. The third kappa shape index (κ3) is 6.06. The van der Waals surface area contributed by atoms with Crippen LogP contribution in [0.2, 0.25) is 0 Å². The summed E-state index contributed by atoms with van der Waals surface area (Å²) in [6.45, 7) is 0.0189. The Balaban J connectivity index is 1.19. The van der Waals surface area contributed by atoms with E-state index in [1.807, 2.05) is 84.9 Å². The minimum atomic E-state index is -1.50. The van der Waals surface area contributed by atoms with Crippen LogP contribution in [0.1, 0.15) is 33.3 Å². The SMILES string of the molecule is COc1ccc(C(OC[C@H]2[CH][C@@H](F)[C@H](n3cnc4c(N(C)C(=O)c5ccccc5)ncnc43)O2)(c2ccccc2)c2ccc(OC)cc2)cc1. The van der Waals surface area contributed by atoms with Gasteiger partial charge in [-0.05, 0) is 53.1 Å². The molecule has 1 fully saturated rings. The van der Waals surface area contributed by atoms with E-state index >= 15 is 4.39 Å². The summed E-state index contributed by atoms with van der Waals surface area (Å²) in [5.74, 6) is 1.45. The third-order valence-electron chi connectivity index (χ3n) is 8.88. The maximum Gasteiger partial charge on any atom is 0.259 e. The van der Waals surface area contributed by atoms with Crippen molar-refractivity contribution in [3.63, 3.8) is 0 Å². The summed E-state index contributed by atoms with van der Waals surface area (Å²) < 4.78 is 41.5. The van der Waals surface area contributed by atoms with Gasteiger partial charge in [0.05, 0.1) is 33.3 Å². The van der Waals surface area contributed by atoms with Gasteiger partial charge >= 0.3 is 0 Å². The Morgan fingerprint density at radius 1 is 0.820 bits per heavy atom. The lowest BCUT2D eigenvalue weighted by molar-refractivity contribution is -0.0771. The Labute approximate surface area is 289 Å². The second-order valence-electron chi connectivity index (χ2n) is 11.8. The van der Waals surface area contributed by atoms with E-state index in [2.05, 4.69) is 15.0 Å². The zero-order valence-electron chi connectivity index (χ0n) is 27.7. The van der Waals surface area contributed by atoms with Gasteiger partial charge < -0.3 is 18.9 Å². The predicted molar refractivity (Wildman–Crippen MR) is 186 cm³/mol. The molecule has 0 aliphatic carbocycles. The summed E-state index contributed by atoms with van der Waals surface area (Å²) in [7, 11) is 4.86. The van der Waals surface area contributed by atoms with E-state index in [0.717, 1.165) is 16.7 Å². The molecule has 1 aliphatic heterocycles. The summed E-state index contributed by atoms with van der Waals surface area (Å²) in [5.41, 5.74) is 2.65. The second kappa shape index (κ2) is 14.1. The van der Waals surface area contributed by atoms with Crippen LogP contribution in [-0.4, -0.2) is 65.6 Å². The first-order valence-corrected chi connectivity index (χ1v) is 16.1. The summed E-state index contributed by atoms with van der Waals surface area (Å²) in [6.07, 6.45) is 0.976. The van der Waals surface area contributed by atoms with E-state index in [-0.39, 0.29) is 12.5 Å². The highest BCUT2D eigenvalue weighted by atomic mass is 19.1. The predicted octanol–water partition coefficient (Wildman–Crippen LogP) is 6.57. The molecule has 50 heavy (non-hydrogen) atoms. The normalized spacial score (nSPS) is 17.5. The Kier molecular flexibility index (Phi) is 9.25. The number of benzene rings is 4. The molecular weight excluding hydrogens is 637 g/mol. The fourth-order valence-corrected chi connectivity index (χ4v) is 6.34. The van der Waals surface area contributed by atoms with Crippen molar-refractivity contribution in [3.05, 3.63) is 151 Å². The van der Waals surface area contributed by atoms with E-state index in [1.54, 1.807) is 45.5 Å². The highest BCUT2D eigenvalue weighted by Crippen LogP contribution is 2.43. The molecule has 2 aromatic heterocycles. The first kappa shape index (κ1) is 32.9. The van der Waals surface area contributed by atoms with Gasteiger partial charge in [-0.1, -0.05) is 72.8 Å². The summed E-state index contributed by atoms with van der Waals surface area (Å²) in [6, 6.07) is 34.1. The quantitative estimate of drug-likeness (QED) is 0.143. The Morgan fingerprint density at radius 2 is 1.40 bits per heavy atom. The van der Waals surface area contributed by atoms with Gasteiger partial charge in [-0.2, -0.15) is 0 Å². The van der Waals surface area contributed by atoms with Crippen LogP contribution in [0.25, 0.3) is 11.2 Å². The van der Waals surface area contributed by atoms with Crippen molar-refractivity contribution in [2.75, 3.05) is 32.8 Å². The second-order valence-corrected chi connectivity index (χ2v) is 11.8. The molecule has 7 rings (SSSR count). The van der Waals surface area contributed by atoms with Crippen LogP contribution in [0.3, 0.4) is 0 Å². The fourth-order valence-electron chi connectivity index (χ4n) is 6.34. The lowest BCUT2D eigenvalue weighted by Crippen LogP contribution is -2.36. The van der Waals surface area contributed by atoms with Crippen molar-refractivity contribution in [2.45, 2.75) is 24.1 Å². The van der Waals surface area contributed by atoms with Gasteiger partial charge in [0, 0.05) is 19.0 Å². The van der Waals surface area contributed by atoms with E-state index in [1.165, 1.54) is 28.5 Å². The number of imidazole rings is 1. The molecule has 11 heteroatoms. The molecule has 253 valence electrons. The number of carbonyl (C=O) groups is 1. The standard InChI is InChI=1S/C39H35FN5O5/c1-44(37(46)26-10-6-4-7-11-26)35-34-36(42-24-41-35)45(25-43-34)38-33(40)22-32(50-38)23-49-39(27-12-8-5-9-13-27,28-14-18-30(47-2)19-15-28)29-16-20-31(48-3)21-17-29/h4-22,24-25,32-33,38H,23H2,1-3H3/t32-,33-,38-/m1/s1. The number of halogens is 1. The minimum Gasteiger partial charge on any atom is -0.497 e.